The van der Waals surface area contributed by atoms with Crippen LogP contribution in [0.4, 0.5) is 34.1 Å². The van der Waals surface area contributed by atoms with Gasteiger partial charge in [0.25, 0.3) is 6.71 Å². The van der Waals surface area contributed by atoms with Crippen LogP contribution in [0, 0.1) is 0 Å². The molecule has 0 saturated heterocycles. The highest BCUT2D eigenvalue weighted by molar-refractivity contribution is 7.00. The first kappa shape index (κ1) is 43.3. The molecule has 1 aromatic heterocycles. The number of fused-ring (bicyclic) bond motifs is 11. The van der Waals surface area contributed by atoms with E-state index in [2.05, 4.69) is 264 Å². The number of nitrogens with zero attached hydrogens (tertiary/aromatic N) is 4. The van der Waals surface area contributed by atoms with Crippen LogP contribution < -0.4 is 26.2 Å². The zero-order chi connectivity index (χ0) is 49.3. The predicted molar refractivity (Wildman–Crippen MR) is 312 cm³/mol. The van der Waals surface area contributed by atoms with E-state index in [9.17, 15) is 0 Å². The monoisotopic (exact) mass is 936 g/mol. The molecule has 0 unspecified atom stereocenters. The van der Waals surface area contributed by atoms with Crippen LogP contribution in [0.5, 0.6) is 0 Å². The lowest BCUT2D eigenvalue weighted by Crippen LogP contribution is -2.61. The molecule has 0 saturated carbocycles. The second-order valence-corrected chi connectivity index (χ2v) is 22.2. The Labute approximate surface area is 427 Å². The molecule has 3 heterocycles. The van der Waals surface area contributed by atoms with Gasteiger partial charge in [-0.2, -0.15) is 0 Å². The van der Waals surface area contributed by atoms with E-state index in [1.54, 1.807) is 0 Å². The van der Waals surface area contributed by atoms with Gasteiger partial charge in [-0.1, -0.05) is 199 Å². The van der Waals surface area contributed by atoms with Gasteiger partial charge in [-0.25, -0.2) is 9.97 Å². The number of aromatic nitrogens is 2. The Kier molecular flexibility index (Phi) is 9.47. The van der Waals surface area contributed by atoms with Crippen molar-refractivity contribution in [2.75, 3.05) is 9.80 Å². The van der Waals surface area contributed by atoms with Gasteiger partial charge in [0, 0.05) is 50.6 Å². The van der Waals surface area contributed by atoms with E-state index in [1.165, 1.54) is 82.0 Å². The van der Waals surface area contributed by atoms with Crippen molar-refractivity contribution >= 4 is 111 Å². The molecule has 0 aliphatic carbocycles. The van der Waals surface area contributed by atoms with Gasteiger partial charge in [-0.05, 0) is 136 Å². The average Bonchev–Trinajstić information content (AvgIpc) is 3.41. The minimum absolute atomic E-state index is 0.0106. The van der Waals surface area contributed by atoms with Crippen molar-refractivity contribution in [1.82, 2.24) is 9.97 Å². The molecule has 11 aromatic carbocycles. The van der Waals surface area contributed by atoms with Gasteiger partial charge in [0.05, 0.1) is 11.2 Å². The lowest BCUT2D eigenvalue weighted by molar-refractivity contribution is 0.590. The van der Waals surface area contributed by atoms with Crippen LogP contribution in [0.3, 0.4) is 0 Å². The van der Waals surface area contributed by atoms with Crippen molar-refractivity contribution in [3.8, 4) is 22.6 Å². The fraction of sp³-hybridized carbons (Fsp3) is 0.118. The van der Waals surface area contributed by atoms with E-state index < -0.39 is 0 Å². The number of para-hydroxylation sites is 1. The molecule has 14 rings (SSSR count). The Hall–Kier alpha value is -8.54. The van der Waals surface area contributed by atoms with Crippen LogP contribution in [0.25, 0.3) is 76.6 Å². The number of hydrogen-bond donors (Lipinski definition) is 0. The van der Waals surface area contributed by atoms with Crippen LogP contribution in [-0.4, -0.2) is 16.7 Å². The Morgan fingerprint density at radius 1 is 0.356 bits per heavy atom. The molecule has 0 bridgehead atoms. The molecule has 348 valence electrons. The zero-order valence-corrected chi connectivity index (χ0v) is 42.1. The summed E-state index contributed by atoms with van der Waals surface area (Å²) in [6, 6.07) is 79.2. The van der Waals surface area contributed by atoms with Gasteiger partial charge in [0.1, 0.15) is 0 Å². The maximum absolute atomic E-state index is 5.56. The number of hydrogen-bond acceptors (Lipinski definition) is 4. The summed E-state index contributed by atoms with van der Waals surface area (Å²) < 4.78 is 0. The van der Waals surface area contributed by atoms with E-state index in [-0.39, 0.29) is 17.5 Å². The highest BCUT2D eigenvalue weighted by atomic mass is 15.2. The molecule has 4 nitrogen and oxygen atoms in total. The van der Waals surface area contributed by atoms with E-state index >= 15 is 0 Å². The fourth-order valence-corrected chi connectivity index (χ4v) is 11.9. The van der Waals surface area contributed by atoms with Crippen LogP contribution in [-0.2, 0) is 10.8 Å². The molecule has 5 heteroatoms. The van der Waals surface area contributed by atoms with Gasteiger partial charge < -0.3 is 9.80 Å². The van der Waals surface area contributed by atoms with Crippen molar-refractivity contribution < 1.29 is 0 Å². The van der Waals surface area contributed by atoms with Crippen LogP contribution in [0.1, 0.15) is 52.7 Å². The normalized spacial score (nSPS) is 13.3. The standard InChI is InChI=1S/C68H53BN4/c1-67(2,3)48-28-32-50(33-29-48)72-60-36-45-26-24-42-16-10-12-20-52(42)55(45)40-57(60)69-58-41-56-46(27-25-43-17-11-13-21-53(43)56)37-61(58)73(51-34-30-49(31-35-51)68(4,5)6)63-39-47(38-62(72)64(63)69)66-70-59-23-15-14-22-54(59)65(71-66)44-18-8-7-9-19-44/h7-41H,1-6H3. The summed E-state index contributed by atoms with van der Waals surface area (Å²) in [7, 11) is 0. The van der Waals surface area contributed by atoms with Crippen molar-refractivity contribution in [2.24, 2.45) is 0 Å². The molecule has 0 amide bonds. The second-order valence-electron chi connectivity index (χ2n) is 22.2. The lowest BCUT2D eigenvalue weighted by atomic mass is 9.33. The summed E-state index contributed by atoms with van der Waals surface area (Å²) in [5.74, 6) is 0.686. The van der Waals surface area contributed by atoms with Crippen LogP contribution in [0.2, 0.25) is 0 Å². The van der Waals surface area contributed by atoms with Crippen molar-refractivity contribution in [1.29, 1.82) is 0 Å². The third-order valence-electron chi connectivity index (χ3n) is 15.7. The lowest BCUT2D eigenvalue weighted by Gasteiger charge is -2.45. The smallest absolute Gasteiger partial charge is 0.252 e. The topological polar surface area (TPSA) is 32.3 Å². The largest absolute Gasteiger partial charge is 0.311 e. The first-order valence-electron chi connectivity index (χ1n) is 25.7. The van der Waals surface area contributed by atoms with E-state index in [0.29, 0.717) is 5.82 Å². The Bertz CT molecular complexity index is 4010. The predicted octanol–water partition coefficient (Wildman–Crippen LogP) is 16.3. The Morgan fingerprint density at radius 3 is 1.32 bits per heavy atom. The van der Waals surface area contributed by atoms with Crippen molar-refractivity contribution in [3.63, 3.8) is 0 Å². The van der Waals surface area contributed by atoms with Crippen LogP contribution >= 0.6 is 0 Å². The molecule has 73 heavy (non-hydrogen) atoms. The fourth-order valence-electron chi connectivity index (χ4n) is 11.9. The summed E-state index contributed by atoms with van der Waals surface area (Å²) in [5.41, 5.74) is 17.0. The Morgan fingerprint density at radius 2 is 0.808 bits per heavy atom. The summed E-state index contributed by atoms with van der Waals surface area (Å²) in [6.07, 6.45) is 0. The maximum atomic E-state index is 5.56. The van der Waals surface area contributed by atoms with Crippen molar-refractivity contribution in [2.45, 2.75) is 52.4 Å². The summed E-state index contributed by atoms with van der Waals surface area (Å²) in [4.78, 5) is 16.1. The van der Waals surface area contributed by atoms with E-state index in [4.69, 9.17) is 9.97 Å². The molecule has 0 atom stereocenters. The third kappa shape index (κ3) is 6.90. The molecule has 0 fully saturated rings. The molecule has 12 aromatic rings. The molecule has 0 spiro atoms. The zero-order valence-electron chi connectivity index (χ0n) is 42.1. The first-order valence-corrected chi connectivity index (χ1v) is 25.7. The van der Waals surface area contributed by atoms with Gasteiger partial charge in [0.15, 0.2) is 5.82 Å². The molecule has 2 aliphatic heterocycles. The highest BCUT2D eigenvalue weighted by Crippen LogP contribution is 2.48. The molecule has 0 radical (unpaired) electrons. The van der Waals surface area contributed by atoms with Crippen molar-refractivity contribution in [3.05, 3.63) is 223 Å². The molecular formula is C68H53BN4. The minimum Gasteiger partial charge on any atom is -0.311 e. The van der Waals surface area contributed by atoms with E-state index in [0.717, 1.165) is 50.5 Å². The average molecular weight is 937 g/mol. The maximum Gasteiger partial charge on any atom is 0.252 e. The van der Waals surface area contributed by atoms with Gasteiger partial charge in [0.2, 0.25) is 0 Å². The summed E-state index contributed by atoms with van der Waals surface area (Å²) in [6.45, 7) is 13.6. The number of benzene rings is 11. The molecule has 0 N–H and O–H groups in total. The third-order valence-corrected chi connectivity index (χ3v) is 15.7. The summed E-state index contributed by atoms with van der Waals surface area (Å²) in [5, 5.41) is 11.0. The number of rotatable bonds is 4. The molecule has 2 aliphatic rings. The first-order chi connectivity index (χ1) is 35.4. The van der Waals surface area contributed by atoms with Crippen LogP contribution in [0.15, 0.2) is 212 Å². The van der Waals surface area contributed by atoms with Gasteiger partial charge in [-0.3, -0.25) is 0 Å². The molecular weight excluding hydrogens is 884 g/mol. The van der Waals surface area contributed by atoms with Gasteiger partial charge in [-0.15, -0.1) is 0 Å². The SMILES string of the molecule is CC(C)(C)c1ccc(N2c3cc4ccc5ccccc5c4cc3B3c4cc5c(ccc6ccccc65)cc4N(c4ccc(C(C)(C)C)cc4)c4cc(-c5nc(-c6ccccc6)c6ccccc6n5)cc2c43)cc1. The number of anilines is 6. The van der Waals surface area contributed by atoms with Gasteiger partial charge >= 0.3 is 0 Å². The Balaban J connectivity index is 1.14. The second kappa shape index (κ2) is 16.0. The minimum atomic E-state index is -0.122. The quantitative estimate of drug-likeness (QED) is 0.130. The highest BCUT2D eigenvalue weighted by Gasteiger charge is 2.44. The van der Waals surface area contributed by atoms with E-state index in [1.807, 2.05) is 0 Å². The summed E-state index contributed by atoms with van der Waals surface area (Å²) >= 11 is 0.